The molecule has 0 radical (unpaired) electrons. The monoisotopic (exact) mass is 446 g/mol. The van der Waals surface area contributed by atoms with Gasteiger partial charge in [0.15, 0.2) is 0 Å². The van der Waals surface area contributed by atoms with Crippen molar-refractivity contribution in [2.45, 2.75) is 23.6 Å². The van der Waals surface area contributed by atoms with Crippen LogP contribution in [0.4, 0.5) is 0 Å². The lowest BCUT2D eigenvalue weighted by Crippen LogP contribution is -2.22. The van der Waals surface area contributed by atoms with Gasteiger partial charge in [-0.15, -0.1) is 0 Å². The van der Waals surface area contributed by atoms with Crippen LogP contribution in [0.3, 0.4) is 0 Å². The number of methoxy groups -OCH3 is 1. The van der Waals surface area contributed by atoms with Gasteiger partial charge < -0.3 is 10.1 Å². The van der Waals surface area contributed by atoms with Crippen LogP contribution >= 0.6 is 23.5 Å². The maximum absolute atomic E-state index is 12.8. The van der Waals surface area contributed by atoms with E-state index in [1.807, 2.05) is 62.4 Å². The number of nitriles is 1. The number of thioether (sulfide) groups is 2. The number of hydrogen-bond acceptors (Lipinski definition) is 5. The van der Waals surface area contributed by atoms with Crippen LogP contribution in [0.5, 0.6) is 5.75 Å². The average molecular weight is 447 g/mol. The number of hydrogen-bond donors (Lipinski definition) is 1. The minimum Gasteiger partial charge on any atom is -0.497 e. The van der Waals surface area contributed by atoms with E-state index in [1.165, 1.54) is 23.5 Å². The fourth-order valence-electron chi connectivity index (χ4n) is 2.60. The zero-order valence-corrected chi connectivity index (χ0v) is 19.1. The summed E-state index contributed by atoms with van der Waals surface area (Å²) < 4.78 is 5.84. The molecule has 3 rings (SSSR count). The average Bonchev–Trinajstić information content (AvgIpc) is 2.80. The highest BCUT2D eigenvalue weighted by Gasteiger charge is 2.15. The van der Waals surface area contributed by atoms with Gasteiger partial charge in [0.05, 0.1) is 11.3 Å². The lowest BCUT2D eigenvalue weighted by Gasteiger charge is -2.12. The Balaban J connectivity index is 1.91. The van der Waals surface area contributed by atoms with Gasteiger partial charge in [-0.2, -0.15) is 5.26 Å². The molecule has 0 bridgehead atoms. The first-order chi connectivity index (χ1) is 15.0. The number of benzene rings is 3. The molecular weight excluding hydrogens is 424 g/mol. The molecule has 0 saturated carbocycles. The summed E-state index contributed by atoms with van der Waals surface area (Å²) in [6.45, 7) is 4.06. The van der Waals surface area contributed by atoms with Crippen LogP contribution in [0.15, 0.2) is 92.5 Å². The molecule has 0 heterocycles. The molecule has 6 heteroatoms. The van der Waals surface area contributed by atoms with Crippen LogP contribution in [0.1, 0.15) is 21.5 Å². The molecule has 31 heavy (non-hydrogen) atoms. The molecule has 0 unspecified atom stereocenters. The van der Waals surface area contributed by atoms with Crippen molar-refractivity contribution in [3.63, 3.8) is 0 Å². The Labute approximate surface area is 191 Å². The van der Waals surface area contributed by atoms with Crippen molar-refractivity contribution in [3.05, 3.63) is 99.4 Å². The van der Waals surface area contributed by atoms with Gasteiger partial charge in [0.1, 0.15) is 17.5 Å². The van der Waals surface area contributed by atoms with Crippen molar-refractivity contribution in [1.29, 1.82) is 5.26 Å². The van der Waals surface area contributed by atoms with Crippen molar-refractivity contribution in [2.75, 3.05) is 7.11 Å². The topological polar surface area (TPSA) is 62.1 Å². The fraction of sp³-hybridized carbons (Fsp3) is 0.120. The molecule has 4 nitrogen and oxygen atoms in total. The summed E-state index contributed by atoms with van der Waals surface area (Å²) in [7, 11) is 1.57. The van der Waals surface area contributed by atoms with Crippen LogP contribution in [-0.4, -0.2) is 13.0 Å². The molecule has 0 spiro atoms. The smallest absolute Gasteiger partial charge is 0.256 e. The van der Waals surface area contributed by atoms with Crippen molar-refractivity contribution in [3.8, 4) is 11.8 Å². The van der Waals surface area contributed by atoms with Gasteiger partial charge in [0.2, 0.25) is 0 Å². The SMILES string of the molecule is COc1ccc(C(=O)NC(C#N)=C(Sc2ccc(C)cc2)Sc2ccc(C)cc2)cc1. The van der Waals surface area contributed by atoms with Gasteiger partial charge in [-0.05, 0) is 62.4 Å². The van der Waals surface area contributed by atoms with E-state index in [0.29, 0.717) is 15.6 Å². The van der Waals surface area contributed by atoms with Gasteiger partial charge in [0, 0.05) is 15.4 Å². The molecule has 3 aromatic rings. The van der Waals surface area contributed by atoms with Gasteiger partial charge >= 0.3 is 0 Å². The molecule has 0 aliphatic rings. The molecule has 156 valence electrons. The van der Waals surface area contributed by atoms with Crippen LogP contribution < -0.4 is 10.1 Å². The van der Waals surface area contributed by atoms with E-state index in [9.17, 15) is 10.1 Å². The second kappa shape index (κ2) is 10.8. The standard InChI is InChI=1S/C25H22N2O2S2/c1-17-4-12-21(13-5-17)30-25(31-22-14-6-18(2)7-15-22)23(16-26)27-24(28)19-8-10-20(29-3)11-9-19/h4-15H,1-3H3,(H,27,28). The van der Waals surface area contributed by atoms with Crippen LogP contribution in [0.25, 0.3) is 0 Å². The Morgan fingerprint density at radius 1 is 0.839 bits per heavy atom. The normalized spacial score (nSPS) is 10.1. The fourth-order valence-corrected chi connectivity index (χ4v) is 4.72. The first-order valence-electron chi connectivity index (χ1n) is 9.57. The Morgan fingerprint density at radius 2 is 1.32 bits per heavy atom. The van der Waals surface area contributed by atoms with E-state index in [0.717, 1.165) is 20.9 Å². The molecule has 0 fully saturated rings. The Morgan fingerprint density at radius 3 is 1.74 bits per heavy atom. The van der Waals surface area contributed by atoms with E-state index in [-0.39, 0.29) is 11.6 Å². The largest absolute Gasteiger partial charge is 0.497 e. The van der Waals surface area contributed by atoms with E-state index < -0.39 is 0 Å². The van der Waals surface area contributed by atoms with Crippen molar-refractivity contribution < 1.29 is 9.53 Å². The maximum atomic E-state index is 12.8. The molecule has 3 aromatic carbocycles. The summed E-state index contributed by atoms with van der Waals surface area (Å²) in [5.74, 6) is 0.323. The first-order valence-corrected chi connectivity index (χ1v) is 11.2. The number of amides is 1. The van der Waals surface area contributed by atoms with Gasteiger partial charge in [-0.3, -0.25) is 4.79 Å². The molecule has 0 atom stereocenters. The predicted molar refractivity (Wildman–Crippen MR) is 127 cm³/mol. The molecule has 0 saturated heterocycles. The lowest BCUT2D eigenvalue weighted by molar-refractivity contribution is 0.0967. The Hall–Kier alpha value is -3.14. The van der Waals surface area contributed by atoms with E-state index in [4.69, 9.17) is 4.74 Å². The number of rotatable bonds is 7. The van der Waals surface area contributed by atoms with Crippen LogP contribution in [0, 0.1) is 25.2 Å². The minimum atomic E-state index is -0.342. The highest BCUT2D eigenvalue weighted by molar-refractivity contribution is 8.22. The summed E-state index contributed by atoms with van der Waals surface area (Å²) in [5, 5.41) is 12.6. The quantitative estimate of drug-likeness (QED) is 0.340. The predicted octanol–water partition coefficient (Wildman–Crippen LogP) is 6.32. The lowest BCUT2D eigenvalue weighted by atomic mass is 10.2. The van der Waals surface area contributed by atoms with Gasteiger partial charge in [-0.1, -0.05) is 58.9 Å². The molecule has 0 aliphatic heterocycles. The van der Waals surface area contributed by atoms with Crippen molar-refractivity contribution in [2.24, 2.45) is 0 Å². The number of ether oxygens (including phenoxy) is 1. The van der Waals surface area contributed by atoms with E-state index in [1.54, 1.807) is 31.4 Å². The van der Waals surface area contributed by atoms with Crippen molar-refractivity contribution in [1.82, 2.24) is 5.32 Å². The highest BCUT2D eigenvalue weighted by atomic mass is 32.2. The van der Waals surface area contributed by atoms with E-state index in [2.05, 4.69) is 11.4 Å². The number of carbonyl (C=O) groups is 1. The summed E-state index contributed by atoms with van der Waals surface area (Å²) >= 11 is 2.92. The van der Waals surface area contributed by atoms with Crippen LogP contribution in [0.2, 0.25) is 0 Å². The Bertz CT molecular complexity index is 1060. The number of allylic oxidation sites excluding steroid dienone is 1. The summed E-state index contributed by atoms with van der Waals surface area (Å²) in [6, 6.07) is 25.1. The zero-order valence-electron chi connectivity index (χ0n) is 17.5. The summed E-state index contributed by atoms with van der Waals surface area (Å²) in [5.41, 5.74) is 2.99. The third kappa shape index (κ3) is 6.42. The zero-order chi connectivity index (χ0) is 22.2. The number of aryl methyl sites for hydroxylation is 2. The van der Waals surface area contributed by atoms with Crippen LogP contribution in [-0.2, 0) is 0 Å². The van der Waals surface area contributed by atoms with Crippen molar-refractivity contribution >= 4 is 29.4 Å². The number of nitrogens with one attached hydrogen (secondary N) is 1. The molecule has 0 aromatic heterocycles. The highest BCUT2D eigenvalue weighted by Crippen LogP contribution is 2.41. The molecule has 0 aliphatic carbocycles. The Kier molecular flexibility index (Phi) is 7.82. The van der Waals surface area contributed by atoms with Gasteiger partial charge in [0.25, 0.3) is 5.91 Å². The maximum Gasteiger partial charge on any atom is 0.256 e. The second-order valence-corrected chi connectivity index (χ2v) is 9.21. The molecule has 1 amide bonds. The molecular formula is C25H22N2O2S2. The second-order valence-electron chi connectivity index (χ2n) is 6.79. The first kappa shape index (κ1) is 22.5. The van der Waals surface area contributed by atoms with Gasteiger partial charge in [-0.25, -0.2) is 0 Å². The summed E-state index contributed by atoms with van der Waals surface area (Å²) in [6.07, 6.45) is 0. The third-order valence-electron chi connectivity index (χ3n) is 4.37. The number of carbonyl (C=O) groups excluding carboxylic acids is 1. The minimum absolute atomic E-state index is 0.219. The number of nitrogens with zero attached hydrogens (tertiary/aromatic N) is 1. The summed E-state index contributed by atoms with van der Waals surface area (Å²) in [4.78, 5) is 14.7. The third-order valence-corrected chi connectivity index (χ3v) is 6.66. The molecule has 1 N–H and O–H groups in total. The van der Waals surface area contributed by atoms with E-state index >= 15 is 0 Å².